The molecule has 0 spiro atoms. The van der Waals surface area contributed by atoms with Gasteiger partial charge < -0.3 is 18.9 Å². The molecule has 0 aliphatic carbocycles. The third-order valence-electron chi connectivity index (χ3n) is 6.39. The molecule has 0 radical (unpaired) electrons. The van der Waals surface area contributed by atoms with E-state index in [1.165, 1.54) is 0 Å². The molecule has 1 amide bonds. The first kappa shape index (κ1) is 26.0. The van der Waals surface area contributed by atoms with Gasteiger partial charge in [0.25, 0.3) is 5.91 Å². The number of hydrazone groups is 1. The summed E-state index contributed by atoms with van der Waals surface area (Å²) in [5, 5.41) is 6.40. The second kappa shape index (κ2) is 11.8. The highest BCUT2D eigenvalue weighted by molar-refractivity contribution is 6.05. The molecule has 1 heterocycles. The van der Waals surface area contributed by atoms with Crippen LogP contribution in [-0.2, 0) is 11.3 Å². The highest BCUT2D eigenvalue weighted by Crippen LogP contribution is 2.40. The Hall–Kier alpha value is -4.04. The molecule has 0 saturated heterocycles. The van der Waals surface area contributed by atoms with Gasteiger partial charge in [-0.15, -0.1) is 0 Å². The molecule has 3 aromatic rings. The van der Waals surface area contributed by atoms with E-state index < -0.39 is 0 Å². The minimum absolute atomic E-state index is 0.108. The fraction of sp³-hybridized carbons (Fsp3) is 0.310. The quantitative estimate of drug-likeness (QED) is 0.405. The molecule has 4 rings (SSSR count). The van der Waals surface area contributed by atoms with Crippen molar-refractivity contribution in [3.63, 3.8) is 0 Å². The zero-order chi connectivity index (χ0) is 26.4. The summed E-state index contributed by atoms with van der Waals surface area (Å²) in [6, 6.07) is 20.9. The minimum Gasteiger partial charge on any atom is -0.497 e. The van der Waals surface area contributed by atoms with Crippen LogP contribution in [0.2, 0.25) is 0 Å². The number of benzene rings is 3. The predicted molar refractivity (Wildman–Crippen MR) is 143 cm³/mol. The molecule has 0 N–H and O–H groups in total. The van der Waals surface area contributed by atoms with Gasteiger partial charge in [0.05, 0.1) is 46.7 Å². The molecule has 194 valence electrons. The molecular formula is C29H33N3O5. The number of carbonyl (C=O) groups excluding carboxylic acids is 1. The maximum atomic E-state index is 13.6. The zero-order valence-corrected chi connectivity index (χ0v) is 21.9. The van der Waals surface area contributed by atoms with Crippen LogP contribution in [0.1, 0.15) is 29.2 Å². The Morgan fingerprint density at radius 3 is 2.19 bits per heavy atom. The van der Waals surface area contributed by atoms with Gasteiger partial charge in [0.2, 0.25) is 0 Å². The van der Waals surface area contributed by atoms with E-state index in [-0.39, 0.29) is 18.5 Å². The molecule has 0 bridgehead atoms. The lowest BCUT2D eigenvalue weighted by Gasteiger charge is -2.26. The summed E-state index contributed by atoms with van der Waals surface area (Å²) in [5.41, 5.74) is 3.56. The van der Waals surface area contributed by atoms with Crippen molar-refractivity contribution in [2.24, 2.45) is 5.10 Å². The first-order valence-electron chi connectivity index (χ1n) is 12.0. The van der Waals surface area contributed by atoms with Crippen molar-refractivity contribution >= 4 is 11.6 Å². The number of hydrogen-bond acceptors (Lipinski definition) is 7. The third kappa shape index (κ3) is 5.86. The summed E-state index contributed by atoms with van der Waals surface area (Å²) < 4.78 is 22.0. The summed E-state index contributed by atoms with van der Waals surface area (Å²) in [6.07, 6.45) is 0.500. The van der Waals surface area contributed by atoms with Gasteiger partial charge in [0, 0.05) is 36.2 Å². The van der Waals surface area contributed by atoms with Crippen molar-refractivity contribution in [2.75, 3.05) is 42.0 Å². The van der Waals surface area contributed by atoms with Gasteiger partial charge in [-0.3, -0.25) is 9.69 Å². The van der Waals surface area contributed by atoms with Gasteiger partial charge in [-0.25, -0.2) is 5.01 Å². The molecular weight excluding hydrogens is 470 g/mol. The first-order valence-corrected chi connectivity index (χ1v) is 12.0. The summed E-state index contributed by atoms with van der Waals surface area (Å²) in [5.74, 6) is 2.52. The zero-order valence-electron chi connectivity index (χ0n) is 21.9. The van der Waals surface area contributed by atoms with E-state index in [1.807, 2.05) is 78.7 Å². The molecule has 0 saturated carbocycles. The Labute approximate surface area is 218 Å². The van der Waals surface area contributed by atoms with E-state index >= 15 is 0 Å². The summed E-state index contributed by atoms with van der Waals surface area (Å²) in [4.78, 5) is 15.6. The maximum Gasteiger partial charge on any atom is 0.257 e. The van der Waals surface area contributed by atoms with Crippen LogP contribution in [0.25, 0.3) is 0 Å². The molecule has 37 heavy (non-hydrogen) atoms. The average molecular weight is 504 g/mol. The number of methoxy groups -OCH3 is 4. The van der Waals surface area contributed by atoms with Crippen LogP contribution < -0.4 is 18.9 Å². The van der Waals surface area contributed by atoms with Crippen LogP contribution in [0.5, 0.6) is 23.0 Å². The van der Waals surface area contributed by atoms with Crippen molar-refractivity contribution in [3.8, 4) is 23.0 Å². The van der Waals surface area contributed by atoms with Crippen molar-refractivity contribution in [2.45, 2.75) is 19.0 Å². The van der Waals surface area contributed by atoms with Crippen LogP contribution in [0.15, 0.2) is 71.8 Å². The molecule has 1 aliphatic heterocycles. The van der Waals surface area contributed by atoms with E-state index in [2.05, 4.69) is 0 Å². The van der Waals surface area contributed by atoms with Gasteiger partial charge >= 0.3 is 0 Å². The normalized spacial score (nSPS) is 14.9. The number of rotatable bonds is 10. The maximum absolute atomic E-state index is 13.6. The fourth-order valence-electron chi connectivity index (χ4n) is 4.53. The topological polar surface area (TPSA) is 72.8 Å². The second-order valence-electron chi connectivity index (χ2n) is 8.84. The molecule has 8 heteroatoms. The smallest absolute Gasteiger partial charge is 0.257 e. The lowest BCUT2D eigenvalue weighted by molar-refractivity contribution is -0.134. The number of carbonyl (C=O) groups is 1. The number of nitrogens with zero attached hydrogens (tertiary/aromatic N) is 3. The molecule has 1 atom stereocenters. The Morgan fingerprint density at radius 1 is 0.892 bits per heavy atom. The Bertz CT molecular complexity index is 1260. The summed E-state index contributed by atoms with van der Waals surface area (Å²) in [7, 11) is 8.38. The summed E-state index contributed by atoms with van der Waals surface area (Å²) in [6.45, 7) is 0.861. The molecule has 1 unspecified atom stereocenters. The standard InChI is InChI=1S/C29H33N3O5/c1-31(18-20-9-7-6-8-10-20)19-29(33)32-26(24-14-12-22(35-3)16-28(24)37-5)17-25(30-32)23-13-11-21(34-2)15-27(23)36-4/h6-16,26H,17-19H2,1-5H3. The average Bonchev–Trinajstić information content (AvgIpc) is 3.38. The van der Waals surface area contributed by atoms with Crippen LogP contribution in [0, 0.1) is 0 Å². The van der Waals surface area contributed by atoms with Gasteiger partial charge in [0.15, 0.2) is 0 Å². The SMILES string of the molecule is COc1ccc(C2=NN(C(=O)CN(C)Cc3ccccc3)C(c3ccc(OC)cc3OC)C2)c(OC)c1. The monoisotopic (exact) mass is 503 g/mol. The third-order valence-corrected chi connectivity index (χ3v) is 6.39. The number of hydrogen-bond donors (Lipinski definition) is 0. The number of ether oxygens (including phenoxy) is 4. The van der Waals surface area contributed by atoms with E-state index in [9.17, 15) is 4.79 Å². The molecule has 0 aromatic heterocycles. The van der Waals surface area contributed by atoms with E-state index in [0.717, 1.165) is 22.4 Å². The first-order chi connectivity index (χ1) is 18.0. The van der Waals surface area contributed by atoms with Gasteiger partial charge in [-0.2, -0.15) is 5.10 Å². The fourth-order valence-corrected chi connectivity index (χ4v) is 4.53. The second-order valence-corrected chi connectivity index (χ2v) is 8.84. The van der Waals surface area contributed by atoms with Crippen molar-refractivity contribution < 1.29 is 23.7 Å². The lowest BCUT2D eigenvalue weighted by atomic mass is 9.97. The Balaban J connectivity index is 1.67. The van der Waals surface area contributed by atoms with E-state index in [0.29, 0.717) is 36.0 Å². The van der Waals surface area contributed by atoms with Crippen molar-refractivity contribution in [3.05, 3.63) is 83.4 Å². The van der Waals surface area contributed by atoms with Crippen LogP contribution in [-0.4, -0.2) is 63.6 Å². The van der Waals surface area contributed by atoms with Crippen LogP contribution in [0.4, 0.5) is 0 Å². The predicted octanol–water partition coefficient (Wildman–Crippen LogP) is 4.53. The van der Waals surface area contributed by atoms with Crippen LogP contribution in [0.3, 0.4) is 0 Å². The van der Waals surface area contributed by atoms with Gasteiger partial charge in [-0.1, -0.05) is 30.3 Å². The highest BCUT2D eigenvalue weighted by Gasteiger charge is 2.36. The van der Waals surface area contributed by atoms with Crippen LogP contribution >= 0.6 is 0 Å². The highest BCUT2D eigenvalue weighted by atomic mass is 16.5. The summed E-state index contributed by atoms with van der Waals surface area (Å²) >= 11 is 0. The minimum atomic E-state index is -0.347. The van der Waals surface area contributed by atoms with E-state index in [4.69, 9.17) is 24.0 Å². The Morgan fingerprint density at radius 2 is 1.54 bits per heavy atom. The van der Waals surface area contributed by atoms with Gasteiger partial charge in [0.1, 0.15) is 23.0 Å². The van der Waals surface area contributed by atoms with Gasteiger partial charge in [-0.05, 0) is 36.9 Å². The van der Waals surface area contributed by atoms with Crippen molar-refractivity contribution in [1.29, 1.82) is 0 Å². The molecule has 0 fully saturated rings. The van der Waals surface area contributed by atoms with E-state index in [1.54, 1.807) is 33.4 Å². The lowest BCUT2D eigenvalue weighted by Crippen LogP contribution is -2.36. The largest absolute Gasteiger partial charge is 0.497 e. The number of amides is 1. The number of likely N-dealkylation sites (N-methyl/N-ethyl adjacent to an activating group) is 1. The molecule has 8 nitrogen and oxygen atoms in total. The Kier molecular flexibility index (Phi) is 8.30. The molecule has 3 aromatic carbocycles. The molecule has 1 aliphatic rings. The van der Waals surface area contributed by atoms with Crippen molar-refractivity contribution in [1.82, 2.24) is 9.91 Å².